The molecule has 0 aliphatic heterocycles. The lowest BCUT2D eigenvalue weighted by Crippen LogP contribution is -2.32. The fourth-order valence-corrected chi connectivity index (χ4v) is 4.89. The summed E-state index contributed by atoms with van der Waals surface area (Å²) in [6, 6.07) is 26.8. The first-order valence-corrected chi connectivity index (χ1v) is 12.7. The van der Waals surface area contributed by atoms with Gasteiger partial charge in [-0.3, -0.25) is 9.69 Å². The number of rotatable bonds is 9. The van der Waals surface area contributed by atoms with Crippen molar-refractivity contribution in [2.45, 2.75) is 52.9 Å². The normalized spacial score (nSPS) is 12.3. The van der Waals surface area contributed by atoms with Crippen molar-refractivity contribution in [3.05, 3.63) is 123 Å². The van der Waals surface area contributed by atoms with Crippen molar-refractivity contribution in [1.82, 2.24) is 30.1 Å². The molecule has 0 aliphatic carbocycles. The summed E-state index contributed by atoms with van der Waals surface area (Å²) in [7, 11) is 0. The Balaban J connectivity index is 1.52. The van der Waals surface area contributed by atoms with E-state index in [9.17, 15) is 4.79 Å². The van der Waals surface area contributed by atoms with Crippen LogP contribution in [-0.4, -0.2) is 30.1 Å². The molecule has 0 radical (unpaired) electrons. The Morgan fingerprint density at radius 2 is 1.70 bits per heavy atom. The highest BCUT2D eigenvalue weighted by molar-refractivity contribution is 5.81. The van der Waals surface area contributed by atoms with Gasteiger partial charge >= 0.3 is 0 Å². The fourth-order valence-electron chi connectivity index (χ4n) is 4.89. The first-order valence-electron chi connectivity index (χ1n) is 12.7. The van der Waals surface area contributed by atoms with E-state index in [1.807, 2.05) is 54.1 Å². The predicted molar refractivity (Wildman–Crippen MR) is 146 cm³/mol. The minimum atomic E-state index is -0.0763. The van der Waals surface area contributed by atoms with Crippen LogP contribution in [0.5, 0.6) is 0 Å². The van der Waals surface area contributed by atoms with E-state index >= 15 is 0 Å². The number of fused-ring (bicyclic) bond motifs is 1. The zero-order valence-electron chi connectivity index (χ0n) is 21.6. The Hall–Kier alpha value is -4.10. The Morgan fingerprint density at radius 1 is 0.919 bits per heavy atom. The van der Waals surface area contributed by atoms with Crippen LogP contribution in [0.4, 0.5) is 0 Å². The number of nitrogens with one attached hydrogen (secondary N) is 1. The monoisotopic (exact) mass is 492 g/mol. The van der Waals surface area contributed by atoms with Gasteiger partial charge in [0.05, 0.1) is 18.1 Å². The standard InChI is InChI=1S/C30H32N6O/c1-4-27(29-32-33-34-36(29)19-23-10-6-5-7-11-23)35(18-24-15-13-21(2)14-16-24)20-26-17-25-12-8-9-22(3)28(25)31-30(26)37/h5-17,27H,4,18-20H2,1-3H3,(H,31,37)/t27-/m1/s1. The van der Waals surface area contributed by atoms with Crippen LogP contribution in [0.1, 0.15) is 53.0 Å². The van der Waals surface area contributed by atoms with Gasteiger partial charge in [-0.05, 0) is 58.8 Å². The summed E-state index contributed by atoms with van der Waals surface area (Å²) in [6.45, 7) is 7.98. The zero-order valence-corrected chi connectivity index (χ0v) is 21.6. The van der Waals surface area contributed by atoms with Crippen LogP contribution in [0.15, 0.2) is 83.7 Å². The molecule has 2 heterocycles. The first-order chi connectivity index (χ1) is 18.0. The highest BCUT2D eigenvalue weighted by atomic mass is 16.1. The predicted octanol–water partition coefficient (Wildman–Crippen LogP) is 5.33. The van der Waals surface area contributed by atoms with E-state index in [2.05, 4.69) is 75.7 Å². The van der Waals surface area contributed by atoms with Gasteiger partial charge in [-0.15, -0.1) is 5.10 Å². The lowest BCUT2D eigenvalue weighted by molar-refractivity contribution is 0.161. The van der Waals surface area contributed by atoms with E-state index in [0.717, 1.165) is 39.8 Å². The van der Waals surface area contributed by atoms with Gasteiger partial charge in [0, 0.05) is 18.7 Å². The van der Waals surface area contributed by atoms with Crippen LogP contribution in [0, 0.1) is 13.8 Å². The number of aryl methyl sites for hydroxylation is 2. The third-order valence-electron chi connectivity index (χ3n) is 6.90. The number of hydrogen-bond acceptors (Lipinski definition) is 5. The first kappa shape index (κ1) is 24.6. The molecular formula is C30H32N6O. The van der Waals surface area contributed by atoms with E-state index in [4.69, 9.17) is 0 Å². The number of H-pyrrole nitrogens is 1. The average Bonchev–Trinajstić information content (AvgIpc) is 3.35. The quantitative estimate of drug-likeness (QED) is 0.301. The fraction of sp³-hybridized carbons (Fsp3) is 0.267. The Labute approximate surface area is 216 Å². The number of hydrogen-bond donors (Lipinski definition) is 1. The topological polar surface area (TPSA) is 79.7 Å². The Morgan fingerprint density at radius 3 is 2.46 bits per heavy atom. The maximum atomic E-state index is 13.2. The molecule has 7 heteroatoms. The van der Waals surface area contributed by atoms with Crippen molar-refractivity contribution in [3.63, 3.8) is 0 Å². The smallest absolute Gasteiger partial charge is 0.252 e. The molecule has 0 amide bonds. The summed E-state index contributed by atoms with van der Waals surface area (Å²) in [5, 5.41) is 13.8. The van der Waals surface area contributed by atoms with E-state index in [1.165, 1.54) is 11.1 Å². The molecule has 1 N–H and O–H groups in total. The average molecular weight is 493 g/mol. The number of pyridine rings is 1. The van der Waals surface area contributed by atoms with Crippen LogP contribution >= 0.6 is 0 Å². The SMILES string of the molecule is CC[C@H](c1nnnn1Cc1ccccc1)N(Cc1ccc(C)cc1)Cc1cc2cccc(C)c2[nH]c1=O. The van der Waals surface area contributed by atoms with Gasteiger partial charge in [-0.25, -0.2) is 4.68 Å². The molecule has 0 unspecified atom stereocenters. The van der Waals surface area contributed by atoms with Crippen molar-refractivity contribution < 1.29 is 0 Å². The number of nitrogens with zero attached hydrogens (tertiary/aromatic N) is 5. The summed E-state index contributed by atoms with van der Waals surface area (Å²) in [6.07, 6.45) is 0.797. The summed E-state index contributed by atoms with van der Waals surface area (Å²) >= 11 is 0. The summed E-state index contributed by atoms with van der Waals surface area (Å²) in [5.41, 5.74) is 6.15. The number of para-hydroxylation sites is 1. The van der Waals surface area contributed by atoms with Crippen molar-refractivity contribution >= 4 is 10.9 Å². The molecule has 37 heavy (non-hydrogen) atoms. The number of aromatic amines is 1. The van der Waals surface area contributed by atoms with Crippen LogP contribution in [0.25, 0.3) is 10.9 Å². The van der Waals surface area contributed by atoms with Gasteiger partial charge in [0.25, 0.3) is 5.56 Å². The van der Waals surface area contributed by atoms with Gasteiger partial charge in [-0.2, -0.15) is 0 Å². The maximum Gasteiger partial charge on any atom is 0.252 e. The highest BCUT2D eigenvalue weighted by Crippen LogP contribution is 2.27. The molecule has 0 saturated heterocycles. The van der Waals surface area contributed by atoms with Crippen LogP contribution in [-0.2, 0) is 19.6 Å². The van der Waals surface area contributed by atoms with Gasteiger partial charge in [0.15, 0.2) is 5.82 Å². The minimum Gasteiger partial charge on any atom is -0.321 e. The molecule has 7 nitrogen and oxygen atoms in total. The van der Waals surface area contributed by atoms with Crippen LogP contribution in [0.3, 0.4) is 0 Å². The molecule has 3 aromatic carbocycles. The molecule has 0 bridgehead atoms. The largest absolute Gasteiger partial charge is 0.321 e. The van der Waals surface area contributed by atoms with Crippen molar-refractivity contribution in [2.75, 3.05) is 0 Å². The van der Waals surface area contributed by atoms with Crippen molar-refractivity contribution in [3.8, 4) is 0 Å². The van der Waals surface area contributed by atoms with E-state index in [-0.39, 0.29) is 11.6 Å². The lowest BCUT2D eigenvalue weighted by Gasteiger charge is -2.30. The zero-order chi connectivity index (χ0) is 25.8. The molecular weight excluding hydrogens is 460 g/mol. The number of benzene rings is 3. The van der Waals surface area contributed by atoms with Gasteiger partial charge in [0.1, 0.15) is 0 Å². The molecule has 0 fully saturated rings. The third kappa shape index (κ3) is 5.52. The molecule has 0 aliphatic rings. The minimum absolute atomic E-state index is 0.0607. The van der Waals surface area contributed by atoms with Crippen molar-refractivity contribution in [1.29, 1.82) is 0 Å². The molecule has 0 saturated carbocycles. The molecule has 188 valence electrons. The van der Waals surface area contributed by atoms with E-state index < -0.39 is 0 Å². The van der Waals surface area contributed by atoms with Gasteiger partial charge in [-0.1, -0.05) is 85.3 Å². The summed E-state index contributed by atoms with van der Waals surface area (Å²) < 4.78 is 1.87. The van der Waals surface area contributed by atoms with Gasteiger partial charge < -0.3 is 4.98 Å². The molecule has 5 rings (SSSR count). The van der Waals surface area contributed by atoms with Crippen LogP contribution in [0.2, 0.25) is 0 Å². The third-order valence-corrected chi connectivity index (χ3v) is 6.90. The Kier molecular flexibility index (Phi) is 7.23. The van der Waals surface area contributed by atoms with Gasteiger partial charge in [0.2, 0.25) is 0 Å². The molecule has 2 aromatic heterocycles. The molecule has 1 atom stereocenters. The second-order valence-corrected chi connectivity index (χ2v) is 9.66. The second kappa shape index (κ2) is 10.9. The summed E-state index contributed by atoms with van der Waals surface area (Å²) in [5.74, 6) is 0.798. The Bertz CT molecular complexity index is 1540. The van der Waals surface area contributed by atoms with Crippen molar-refractivity contribution in [2.24, 2.45) is 0 Å². The molecule has 5 aromatic rings. The number of aromatic nitrogens is 5. The van der Waals surface area contributed by atoms with E-state index in [0.29, 0.717) is 19.6 Å². The summed E-state index contributed by atoms with van der Waals surface area (Å²) in [4.78, 5) is 18.6. The second-order valence-electron chi connectivity index (χ2n) is 9.66. The number of tetrazole rings is 1. The maximum absolute atomic E-state index is 13.2. The van der Waals surface area contributed by atoms with E-state index in [1.54, 1.807) is 0 Å². The lowest BCUT2D eigenvalue weighted by atomic mass is 10.1. The highest BCUT2D eigenvalue weighted by Gasteiger charge is 2.26. The molecule has 0 spiro atoms. The van der Waals surface area contributed by atoms with Crippen LogP contribution < -0.4 is 5.56 Å².